The fourth-order valence-electron chi connectivity index (χ4n) is 2.79. The summed E-state index contributed by atoms with van der Waals surface area (Å²) < 4.78 is 5.90. The van der Waals surface area contributed by atoms with Gasteiger partial charge in [0, 0.05) is 5.56 Å². The van der Waals surface area contributed by atoms with Crippen molar-refractivity contribution >= 4 is 22.7 Å². The number of benzene rings is 1. The molecule has 0 saturated heterocycles. The number of quaternary nitrogens is 1. The summed E-state index contributed by atoms with van der Waals surface area (Å²) in [6.45, 7) is 2.11. The minimum Gasteiger partial charge on any atom is -0.414 e. The zero-order valence-electron chi connectivity index (χ0n) is 13.7. The Labute approximate surface area is 154 Å². The van der Waals surface area contributed by atoms with E-state index in [0.29, 0.717) is 11.8 Å². The summed E-state index contributed by atoms with van der Waals surface area (Å²) in [4.78, 5) is 2.32. The maximum absolute atomic E-state index is 5.90. The maximum Gasteiger partial charge on any atom is 0.274 e. The molecule has 0 aliphatic carbocycles. The summed E-state index contributed by atoms with van der Waals surface area (Å²) in [6, 6.07) is 19.1. The molecule has 0 saturated carbocycles. The van der Waals surface area contributed by atoms with Crippen molar-refractivity contribution in [3.8, 4) is 10.8 Å². The molecular weight excluding hydrogens is 350 g/mol. The molecule has 0 aliphatic heterocycles. The molecule has 0 unspecified atom stereocenters. The minimum atomic E-state index is 0.0634. The van der Waals surface area contributed by atoms with E-state index in [-0.39, 0.29) is 12.1 Å². The molecule has 4 nitrogen and oxygen atoms in total. The average Bonchev–Trinajstić information content (AvgIpc) is 3.42. The summed E-state index contributed by atoms with van der Waals surface area (Å²) in [6.07, 6.45) is 0. The van der Waals surface area contributed by atoms with Crippen molar-refractivity contribution in [1.82, 2.24) is 10.2 Å². The van der Waals surface area contributed by atoms with Crippen LogP contribution in [0.25, 0.3) is 10.8 Å². The average molecular weight is 369 g/mol. The Morgan fingerprint density at radius 1 is 0.920 bits per heavy atom. The van der Waals surface area contributed by atoms with E-state index >= 15 is 0 Å². The Bertz CT molecular complexity index is 901. The van der Waals surface area contributed by atoms with E-state index in [1.165, 1.54) is 10.4 Å². The lowest BCUT2D eigenvalue weighted by Gasteiger charge is -2.17. The van der Waals surface area contributed by atoms with Gasteiger partial charge in [0.2, 0.25) is 0 Å². The number of hydrogen-bond donors (Lipinski definition) is 1. The van der Waals surface area contributed by atoms with Gasteiger partial charge in [-0.25, -0.2) is 0 Å². The lowest BCUT2D eigenvalue weighted by Crippen LogP contribution is -2.85. The molecular formula is C19H18N3OS2+. The maximum atomic E-state index is 5.90. The smallest absolute Gasteiger partial charge is 0.274 e. The summed E-state index contributed by atoms with van der Waals surface area (Å²) >= 11 is 3.38. The van der Waals surface area contributed by atoms with Crippen LogP contribution < -0.4 is 5.32 Å². The summed E-state index contributed by atoms with van der Waals surface area (Å²) in [5.74, 6) is 1.25. The highest BCUT2D eigenvalue weighted by atomic mass is 32.1. The van der Waals surface area contributed by atoms with Crippen molar-refractivity contribution < 1.29 is 9.73 Å². The highest BCUT2D eigenvalue weighted by Gasteiger charge is 2.25. The molecule has 3 heterocycles. The van der Waals surface area contributed by atoms with E-state index in [0.717, 1.165) is 4.88 Å². The first-order valence-electron chi connectivity index (χ1n) is 8.12. The van der Waals surface area contributed by atoms with Gasteiger partial charge in [-0.1, -0.05) is 42.5 Å². The molecule has 3 aromatic heterocycles. The van der Waals surface area contributed by atoms with E-state index in [1.807, 2.05) is 23.6 Å². The molecule has 0 bridgehead atoms. The highest BCUT2D eigenvalue weighted by Crippen LogP contribution is 2.26. The van der Waals surface area contributed by atoms with Gasteiger partial charge >= 0.3 is 0 Å². The lowest BCUT2D eigenvalue weighted by atomic mass is 10.0. The molecule has 126 valence electrons. The van der Waals surface area contributed by atoms with Gasteiger partial charge in [-0.3, -0.25) is 0 Å². The number of nitrogens with zero attached hydrogens (tertiary/aromatic N) is 2. The normalized spacial score (nSPS) is 13.6. The van der Waals surface area contributed by atoms with E-state index in [2.05, 4.69) is 64.2 Å². The molecule has 0 fully saturated rings. The first-order valence-corrected chi connectivity index (χ1v) is 9.88. The number of rotatable bonds is 6. The van der Waals surface area contributed by atoms with E-state index in [1.54, 1.807) is 22.7 Å². The van der Waals surface area contributed by atoms with Crippen LogP contribution in [-0.2, 0) is 0 Å². The molecule has 4 aromatic rings. The Hall–Kier alpha value is -2.28. The van der Waals surface area contributed by atoms with Gasteiger partial charge in [-0.15, -0.1) is 32.9 Å². The second-order valence-corrected chi connectivity index (χ2v) is 7.73. The van der Waals surface area contributed by atoms with Gasteiger partial charge in [0.1, 0.15) is 6.04 Å². The van der Waals surface area contributed by atoms with Crippen molar-refractivity contribution in [1.29, 1.82) is 0 Å². The molecule has 2 atom stereocenters. The van der Waals surface area contributed by atoms with Crippen LogP contribution in [0.15, 0.2) is 69.8 Å². The molecule has 25 heavy (non-hydrogen) atoms. The third-order valence-electron chi connectivity index (χ3n) is 4.05. The van der Waals surface area contributed by atoms with Gasteiger partial charge in [-0.2, -0.15) is 0 Å². The van der Waals surface area contributed by atoms with Gasteiger partial charge in [0.25, 0.3) is 11.8 Å². The summed E-state index contributed by atoms with van der Waals surface area (Å²) in [5.41, 5.74) is 1.27. The Morgan fingerprint density at radius 2 is 1.72 bits per heavy atom. The molecule has 1 aromatic carbocycles. The molecule has 6 heteroatoms. The third-order valence-corrected chi connectivity index (χ3v) is 5.86. The monoisotopic (exact) mass is 368 g/mol. The minimum absolute atomic E-state index is 0.0634. The quantitative estimate of drug-likeness (QED) is 0.553. The van der Waals surface area contributed by atoms with Crippen molar-refractivity contribution in [3.63, 3.8) is 0 Å². The van der Waals surface area contributed by atoms with Crippen LogP contribution >= 0.6 is 22.7 Å². The van der Waals surface area contributed by atoms with Crippen LogP contribution in [0.3, 0.4) is 0 Å². The molecule has 0 aliphatic rings. The molecule has 2 N–H and O–H groups in total. The topological polar surface area (TPSA) is 55.5 Å². The predicted octanol–water partition coefficient (Wildman–Crippen LogP) is 4.27. The van der Waals surface area contributed by atoms with Gasteiger partial charge < -0.3 is 9.73 Å². The number of nitrogens with two attached hydrogens (primary N) is 1. The first kappa shape index (κ1) is 16.2. The molecule has 4 rings (SSSR count). The largest absolute Gasteiger partial charge is 0.414 e. The van der Waals surface area contributed by atoms with E-state index < -0.39 is 0 Å². The first-order chi connectivity index (χ1) is 12.3. The van der Waals surface area contributed by atoms with Gasteiger partial charge in [0.05, 0.1) is 9.75 Å². The van der Waals surface area contributed by atoms with Crippen LogP contribution in [0, 0.1) is 0 Å². The van der Waals surface area contributed by atoms with Crippen molar-refractivity contribution in [2.24, 2.45) is 0 Å². The second kappa shape index (κ2) is 7.31. The fourth-order valence-corrected chi connectivity index (χ4v) is 4.27. The van der Waals surface area contributed by atoms with Crippen molar-refractivity contribution in [3.05, 3.63) is 81.7 Å². The standard InChI is InChI=1S/C19H17N3OS2/c1-13(18-21-22-19(23-18)16-10-6-12-25-16)20-17(15-9-5-11-24-15)14-7-3-2-4-8-14/h2-13,17,20H,1H3/p+1/t13-,17+/m0/s1. The van der Waals surface area contributed by atoms with Crippen LogP contribution in [0.1, 0.15) is 35.3 Å². The van der Waals surface area contributed by atoms with Gasteiger partial charge in [0.15, 0.2) is 6.04 Å². The SMILES string of the molecule is C[C@H]([NH2+][C@H](c1ccccc1)c1cccs1)c1nnc(-c2cccs2)o1. The fraction of sp³-hybridized carbons (Fsp3) is 0.158. The van der Waals surface area contributed by atoms with Crippen LogP contribution in [0.4, 0.5) is 0 Å². The molecule has 0 radical (unpaired) electrons. The summed E-state index contributed by atoms with van der Waals surface area (Å²) in [7, 11) is 0. The van der Waals surface area contributed by atoms with Crippen LogP contribution in [0.2, 0.25) is 0 Å². The Morgan fingerprint density at radius 3 is 2.44 bits per heavy atom. The Balaban J connectivity index is 1.58. The van der Waals surface area contributed by atoms with Crippen molar-refractivity contribution in [2.75, 3.05) is 0 Å². The number of hydrogen-bond acceptors (Lipinski definition) is 5. The van der Waals surface area contributed by atoms with Crippen LogP contribution in [0.5, 0.6) is 0 Å². The predicted molar refractivity (Wildman–Crippen MR) is 101 cm³/mol. The zero-order valence-corrected chi connectivity index (χ0v) is 15.3. The molecule has 0 spiro atoms. The second-order valence-electron chi connectivity index (χ2n) is 5.81. The lowest BCUT2D eigenvalue weighted by molar-refractivity contribution is -0.725. The Kier molecular flexibility index (Phi) is 4.74. The third kappa shape index (κ3) is 3.56. The molecule has 0 amide bonds. The highest BCUT2D eigenvalue weighted by molar-refractivity contribution is 7.13. The summed E-state index contributed by atoms with van der Waals surface area (Å²) in [5, 5.41) is 14.9. The van der Waals surface area contributed by atoms with Gasteiger partial charge in [-0.05, 0) is 29.8 Å². The number of aromatic nitrogens is 2. The van der Waals surface area contributed by atoms with Crippen molar-refractivity contribution in [2.45, 2.75) is 19.0 Å². The van der Waals surface area contributed by atoms with Crippen LogP contribution in [-0.4, -0.2) is 10.2 Å². The number of thiophene rings is 2. The van der Waals surface area contributed by atoms with E-state index in [9.17, 15) is 0 Å². The van der Waals surface area contributed by atoms with E-state index in [4.69, 9.17) is 4.42 Å². The zero-order chi connectivity index (χ0) is 17.1.